The molecule has 0 atom stereocenters. The van der Waals surface area contributed by atoms with Crippen LogP contribution in [-0.2, 0) is 6.54 Å². The molecule has 11 heavy (non-hydrogen) atoms. The van der Waals surface area contributed by atoms with E-state index in [-0.39, 0.29) is 5.82 Å². The number of hydrogen-bond donors (Lipinski definition) is 0. The molecule has 0 spiro atoms. The standard InChI is InChI=1S/C7H6N4/c1-2-3-4-11-6-9-7(5-8)10-11/h1,6H,3-4H2. The Morgan fingerprint density at radius 2 is 2.55 bits per heavy atom. The average molecular weight is 146 g/mol. The first-order valence-corrected chi connectivity index (χ1v) is 3.10. The first-order chi connectivity index (χ1) is 5.36. The molecule has 0 aliphatic carbocycles. The number of terminal acetylenes is 1. The molecule has 4 heteroatoms. The van der Waals surface area contributed by atoms with Gasteiger partial charge >= 0.3 is 0 Å². The second-order valence-electron chi connectivity index (χ2n) is 1.90. The first kappa shape index (κ1) is 7.30. The predicted molar refractivity (Wildman–Crippen MR) is 38.2 cm³/mol. The third kappa shape index (κ3) is 1.80. The quantitative estimate of drug-likeness (QED) is 0.559. The van der Waals surface area contributed by atoms with Crippen LogP contribution in [0.4, 0.5) is 0 Å². The van der Waals surface area contributed by atoms with Gasteiger partial charge in [0.25, 0.3) is 5.82 Å². The minimum absolute atomic E-state index is 0.182. The lowest BCUT2D eigenvalue weighted by molar-refractivity contribution is 0.626. The van der Waals surface area contributed by atoms with Gasteiger partial charge in [0.1, 0.15) is 12.4 Å². The van der Waals surface area contributed by atoms with Crippen molar-refractivity contribution in [3.8, 4) is 18.4 Å². The zero-order valence-electron chi connectivity index (χ0n) is 5.86. The monoisotopic (exact) mass is 146 g/mol. The Balaban J connectivity index is 2.62. The van der Waals surface area contributed by atoms with Gasteiger partial charge in [0.05, 0.1) is 6.54 Å². The molecule has 1 rings (SSSR count). The Bertz CT molecular complexity index is 312. The van der Waals surface area contributed by atoms with Gasteiger partial charge in [-0.1, -0.05) is 0 Å². The Morgan fingerprint density at radius 3 is 3.09 bits per heavy atom. The van der Waals surface area contributed by atoms with Crippen LogP contribution in [-0.4, -0.2) is 14.8 Å². The van der Waals surface area contributed by atoms with Crippen LogP contribution >= 0.6 is 0 Å². The van der Waals surface area contributed by atoms with Gasteiger partial charge in [-0.3, -0.25) is 4.68 Å². The minimum Gasteiger partial charge on any atom is -0.251 e. The van der Waals surface area contributed by atoms with E-state index in [9.17, 15) is 0 Å². The zero-order chi connectivity index (χ0) is 8.10. The fourth-order valence-electron chi connectivity index (χ4n) is 0.633. The lowest BCUT2D eigenvalue weighted by atomic mass is 10.4. The summed E-state index contributed by atoms with van der Waals surface area (Å²) >= 11 is 0. The molecule has 54 valence electrons. The number of nitriles is 1. The van der Waals surface area contributed by atoms with E-state index in [0.29, 0.717) is 13.0 Å². The second kappa shape index (κ2) is 3.38. The molecule has 0 aromatic carbocycles. The zero-order valence-corrected chi connectivity index (χ0v) is 5.86. The lowest BCUT2D eigenvalue weighted by Crippen LogP contribution is -1.97. The van der Waals surface area contributed by atoms with Crippen molar-refractivity contribution >= 4 is 0 Å². The summed E-state index contributed by atoms with van der Waals surface area (Å²) in [5, 5.41) is 12.2. The van der Waals surface area contributed by atoms with E-state index in [0.717, 1.165) is 0 Å². The normalized spacial score (nSPS) is 8.55. The van der Waals surface area contributed by atoms with Gasteiger partial charge in [0.15, 0.2) is 0 Å². The molecule has 0 amide bonds. The summed E-state index contributed by atoms with van der Waals surface area (Å²) in [6.07, 6.45) is 7.14. The van der Waals surface area contributed by atoms with Crippen molar-refractivity contribution in [2.75, 3.05) is 0 Å². The summed E-state index contributed by atoms with van der Waals surface area (Å²) in [6, 6.07) is 1.83. The predicted octanol–water partition coefficient (Wildman–Crippen LogP) is 0.173. The summed E-state index contributed by atoms with van der Waals surface area (Å²) in [5.41, 5.74) is 0. The highest BCUT2D eigenvalue weighted by atomic mass is 15.3. The lowest BCUT2D eigenvalue weighted by Gasteiger charge is -1.91. The summed E-state index contributed by atoms with van der Waals surface area (Å²) in [6.45, 7) is 0.616. The molecule has 0 aliphatic heterocycles. The third-order valence-electron chi connectivity index (χ3n) is 1.12. The van der Waals surface area contributed by atoms with Gasteiger partial charge in [-0.2, -0.15) is 5.26 Å². The van der Waals surface area contributed by atoms with Crippen molar-refractivity contribution in [3.63, 3.8) is 0 Å². The summed E-state index contributed by atoms with van der Waals surface area (Å²) < 4.78 is 1.55. The van der Waals surface area contributed by atoms with E-state index in [4.69, 9.17) is 11.7 Å². The van der Waals surface area contributed by atoms with Gasteiger partial charge in [0.2, 0.25) is 0 Å². The molecule has 0 fully saturated rings. The van der Waals surface area contributed by atoms with Crippen LogP contribution in [0.2, 0.25) is 0 Å². The number of rotatable bonds is 2. The van der Waals surface area contributed by atoms with Crippen molar-refractivity contribution in [3.05, 3.63) is 12.2 Å². The van der Waals surface area contributed by atoms with Crippen LogP contribution in [0.15, 0.2) is 6.33 Å². The highest BCUT2D eigenvalue weighted by Crippen LogP contribution is 1.88. The first-order valence-electron chi connectivity index (χ1n) is 3.10. The van der Waals surface area contributed by atoms with E-state index >= 15 is 0 Å². The van der Waals surface area contributed by atoms with Crippen LogP contribution in [0.5, 0.6) is 0 Å². The molecule has 1 heterocycles. The fourth-order valence-corrected chi connectivity index (χ4v) is 0.633. The molecule has 1 aromatic rings. The maximum absolute atomic E-state index is 8.35. The Hall–Kier alpha value is -1.81. The highest BCUT2D eigenvalue weighted by Gasteiger charge is 1.95. The molecule has 0 saturated heterocycles. The van der Waals surface area contributed by atoms with E-state index < -0.39 is 0 Å². The van der Waals surface area contributed by atoms with E-state index in [2.05, 4.69) is 16.0 Å². The van der Waals surface area contributed by atoms with Gasteiger partial charge in [-0.15, -0.1) is 17.4 Å². The maximum atomic E-state index is 8.35. The fraction of sp³-hybridized carbons (Fsp3) is 0.286. The number of aromatic nitrogens is 3. The summed E-state index contributed by atoms with van der Waals surface area (Å²) in [5.74, 6) is 2.65. The van der Waals surface area contributed by atoms with Crippen molar-refractivity contribution in [2.45, 2.75) is 13.0 Å². The molecule has 1 aromatic heterocycles. The minimum atomic E-state index is 0.182. The molecule has 4 nitrogen and oxygen atoms in total. The van der Waals surface area contributed by atoms with Crippen molar-refractivity contribution in [1.29, 1.82) is 5.26 Å². The topological polar surface area (TPSA) is 54.5 Å². The van der Waals surface area contributed by atoms with Crippen LogP contribution in [0.3, 0.4) is 0 Å². The van der Waals surface area contributed by atoms with Crippen LogP contribution < -0.4 is 0 Å². The molecule has 0 bridgehead atoms. The molecule has 0 unspecified atom stereocenters. The Morgan fingerprint density at radius 1 is 1.73 bits per heavy atom. The highest BCUT2D eigenvalue weighted by molar-refractivity contribution is 5.05. The number of nitrogens with zero attached hydrogens (tertiary/aromatic N) is 4. The van der Waals surface area contributed by atoms with Crippen LogP contribution in [0, 0.1) is 23.7 Å². The molecule has 0 radical (unpaired) electrons. The Labute approximate surface area is 64.5 Å². The second-order valence-corrected chi connectivity index (χ2v) is 1.90. The third-order valence-corrected chi connectivity index (χ3v) is 1.12. The van der Waals surface area contributed by atoms with E-state index in [1.165, 1.54) is 6.33 Å². The van der Waals surface area contributed by atoms with Gasteiger partial charge in [-0.05, 0) is 0 Å². The van der Waals surface area contributed by atoms with Crippen molar-refractivity contribution in [1.82, 2.24) is 14.8 Å². The molecule has 0 saturated carbocycles. The molecule has 0 aliphatic rings. The van der Waals surface area contributed by atoms with Gasteiger partial charge < -0.3 is 0 Å². The van der Waals surface area contributed by atoms with Crippen molar-refractivity contribution in [2.24, 2.45) is 0 Å². The largest absolute Gasteiger partial charge is 0.252 e. The SMILES string of the molecule is C#CCCn1cnc(C#N)n1. The number of hydrogen-bond acceptors (Lipinski definition) is 3. The van der Waals surface area contributed by atoms with Crippen molar-refractivity contribution < 1.29 is 0 Å². The molecular formula is C7H6N4. The maximum Gasteiger partial charge on any atom is 0.252 e. The average Bonchev–Trinajstić information content (AvgIpc) is 2.48. The summed E-state index contributed by atoms with van der Waals surface area (Å²) in [7, 11) is 0. The van der Waals surface area contributed by atoms with Crippen LogP contribution in [0.1, 0.15) is 12.2 Å². The van der Waals surface area contributed by atoms with E-state index in [1.807, 2.05) is 6.07 Å². The van der Waals surface area contributed by atoms with Gasteiger partial charge in [-0.25, -0.2) is 4.98 Å². The molecule has 0 N–H and O–H groups in total. The Kier molecular flexibility index (Phi) is 2.24. The van der Waals surface area contributed by atoms with Gasteiger partial charge in [0, 0.05) is 6.42 Å². The summed E-state index contributed by atoms with van der Waals surface area (Å²) in [4.78, 5) is 3.71. The molecular weight excluding hydrogens is 140 g/mol. The van der Waals surface area contributed by atoms with E-state index in [1.54, 1.807) is 4.68 Å². The van der Waals surface area contributed by atoms with Crippen LogP contribution in [0.25, 0.3) is 0 Å². The smallest absolute Gasteiger partial charge is 0.251 e. The number of aryl methyl sites for hydroxylation is 1.